The second-order valence-electron chi connectivity index (χ2n) is 4.77. The van der Waals surface area contributed by atoms with Crippen LogP contribution in [0.3, 0.4) is 0 Å². The summed E-state index contributed by atoms with van der Waals surface area (Å²) >= 11 is 0. The summed E-state index contributed by atoms with van der Waals surface area (Å²) in [6.07, 6.45) is 0.549. The fourth-order valence-corrected chi connectivity index (χ4v) is 2.44. The van der Waals surface area contributed by atoms with Crippen molar-refractivity contribution in [3.8, 4) is 11.1 Å². The van der Waals surface area contributed by atoms with Crippen LogP contribution >= 0.6 is 0 Å². The fraction of sp³-hybridized carbons (Fsp3) is 0.200. The van der Waals surface area contributed by atoms with Gasteiger partial charge in [0.05, 0.1) is 18.9 Å². The van der Waals surface area contributed by atoms with Crippen molar-refractivity contribution >= 4 is 5.91 Å². The first-order valence-electron chi connectivity index (χ1n) is 6.42. The monoisotopic (exact) mass is 290 g/mol. The zero-order valence-electron chi connectivity index (χ0n) is 11.0. The molecule has 1 amide bonds. The molecule has 0 unspecified atom stereocenters. The fourth-order valence-electron chi connectivity index (χ4n) is 2.44. The third kappa shape index (κ3) is 2.50. The molecule has 0 radical (unpaired) electrons. The van der Waals surface area contributed by atoms with Gasteiger partial charge in [-0.25, -0.2) is 13.8 Å². The predicted octanol–water partition coefficient (Wildman–Crippen LogP) is 2.20. The van der Waals surface area contributed by atoms with Crippen molar-refractivity contribution in [2.75, 3.05) is 6.61 Å². The molecule has 0 aliphatic carbocycles. The number of ether oxygens (including phenoxy) is 1. The van der Waals surface area contributed by atoms with E-state index in [1.165, 1.54) is 18.2 Å². The molecule has 0 saturated carbocycles. The van der Waals surface area contributed by atoms with E-state index in [1.807, 2.05) is 0 Å². The van der Waals surface area contributed by atoms with E-state index in [0.717, 1.165) is 11.6 Å². The summed E-state index contributed by atoms with van der Waals surface area (Å²) in [7, 11) is 0. The topological polar surface area (TPSA) is 65.2 Å². The summed E-state index contributed by atoms with van der Waals surface area (Å²) < 4.78 is 32.4. The molecule has 1 aliphatic rings. The van der Waals surface area contributed by atoms with Gasteiger partial charge >= 0.3 is 0 Å². The number of primary amides is 1. The molecule has 0 saturated heterocycles. The van der Waals surface area contributed by atoms with Crippen LogP contribution in [0.2, 0.25) is 0 Å². The van der Waals surface area contributed by atoms with Gasteiger partial charge in [-0.15, -0.1) is 0 Å². The number of fused-ring (bicyclic) bond motifs is 1. The highest BCUT2D eigenvalue weighted by Gasteiger charge is 2.21. The maximum atomic E-state index is 14.0. The number of amides is 1. The van der Waals surface area contributed by atoms with Gasteiger partial charge in [-0.05, 0) is 35.7 Å². The Kier molecular flexibility index (Phi) is 3.39. The van der Waals surface area contributed by atoms with Crippen molar-refractivity contribution in [2.24, 2.45) is 5.73 Å². The van der Waals surface area contributed by atoms with Crippen LogP contribution in [0.25, 0.3) is 11.1 Å². The van der Waals surface area contributed by atoms with Gasteiger partial charge in [0.25, 0.3) is 5.91 Å². The lowest BCUT2D eigenvalue weighted by Gasteiger charge is -2.20. The number of aromatic nitrogens is 1. The van der Waals surface area contributed by atoms with Gasteiger partial charge in [-0.2, -0.15) is 0 Å². The number of pyridine rings is 1. The van der Waals surface area contributed by atoms with E-state index in [4.69, 9.17) is 10.5 Å². The molecule has 1 aliphatic heterocycles. The molecule has 21 heavy (non-hydrogen) atoms. The number of rotatable bonds is 2. The minimum Gasteiger partial charge on any atom is -0.375 e. The first-order valence-corrected chi connectivity index (χ1v) is 6.42. The van der Waals surface area contributed by atoms with Crippen LogP contribution in [0.5, 0.6) is 0 Å². The summed E-state index contributed by atoms with van der Waals surface area (Å²) in [5, 5.41) is 0. The smallest absolute Gasteiger partial charge is 0.267 e. The molecule has 3 rings (SSSR count). The Morgan fingerprint density at radius 1 is 1.24 bits per heavy atom. The Balaban J connectivity index is 2.24. The van der Waals surface area contributed by atoms with Crippen molar-refractivity contribution in [2.45, 2.75) is 13.0 Å². The average Bonchev–Trinajstić information content (AvgIpc) is 2.46. The predicted molar refractivity (Wildman–Crippen MR) is 71.5 cm³/mol. The summed E-state index contributed by atoms with van der Waals surface area (Å²) in [6, 6.07) is 4.78. The molecule has 1 aromatic carbocycles. The lowest BCUT2D eigenvalue weighted by molar-refractivity contribution is 0.0985. The van der Waals surface area contributed by atoms with Crippen molar-refractivity contribution in [3.63, 3.8) is 0 Å². The first-order chi connectivity index (χ1) is 10.1. The molecule has 0 spiro atoms. The maximum Gasteiger partial charge on any atom is 0.267 e. The number of hydrogen-bond donors (Lipinski definition) is 1. The van der Waals surface area contributed by atoms with Crippen LogP contribution in [0.15, 0.2) is 24.3 Å². The maximum absolute atomic E-state index is 14.0. The quantitative estimate of drug-likeness (QED) is 0.922. The van der Waals surface area contributed by atoms with Gasteiger partial charge in [0.2, 0.25) is 0 Å². The summed E-state index contributed by atoms with van der Waals surface area (Å²) in [6.45, 7) is 0.729. The van der Waals surface area contributed by atoms with E-state index in [-0.39, 0.29) is 17.9 Å². The number of nitrogens with zero attached hydrogens (tertiary/aromatic N) is 1. The number of nitrogens with two attached hydrogens (primary N) is 1. The van der Waals surface area contributed by atoms with E-state index in [2.05, 4.69) is 4.98 Å². The van der Waals surface area contributed by atoms with Gasteiger partial charge in [0.1, 0.15) is 17.3 Å². The zero-order chi connectivity index (χ0) is 15.0. The van der Waals surface area contributed by atoms with Crippen LogP contribution in [0.1, 0.15) is 21.7 Å². The van der Waals surface area contributed by atoms with Crippen LogP contribution in [-0.4, -0.2) is 17.5 Å². The second-order valence-corrected chi connectivity index (χ2v) is 4.77. The molecule has 0 fully saturated rings. The Morgan fingerprint density at radius 3 is 2.76 bits per heavy atom. The Bertz CT molecular complexity index is 732. The summed E-state index contributed by atoms with van der Waals surface area (Å²) in [5.74, 6) is -2.05. The van der Waals surface area contributed by atoms with Crippen molar-refractivity contribution in [1.29, 1.82) is 0 Å². The molecule has 2 aromatic rings. The minimum atomic E-state index is -0.702. The highest BCUT2D eigenvalue weighted by Crippen LogP contribution is 2.31. The molecule has 2 N–H and O–H groups in total. The summed E-state index contributed by atoms with van der Waals surface area (Å²) in [4.78, 5) is 15.5. The van der Waals surface area contributed by atoms with Gasteiger partial charge in [0.15, 0.2) is 0 Å². The molecule has 6 heteroatoms. The van der Waals surface area contributed by atoms with Crippen molar-refractivity contribution in [1.82, 2.24) is 4.98 Å². The van der Waals surface area contributed by atoms with Crippen molar-refractivity contribution < 1.29 is 18.3 Å². The molecule has 0 atom stereocenters. The molecule has 0 bridgehead atoms. The van der Waals surface area contributed by atoms with Gasteiger partial charge in [0, 0.05) is 11.6 Å². The number of carbonyl (C=O) groups is 1. The molecule has 2 heterocycles. The van der Waals surface area contributed by atoms with E-state index >= 15 is 0 Å². The standard InChI is InChI=1S/C15H12F2N2O2/c16-8-1-2-9(12(17)5-8)11-6-13(15(18)20)19-14-7-21-4-3-10(11)14/h1-2,5-6H,3-4,7H2,(H2,18,20). The average molecular weight is 290 g/mol. The Morgan fingerprint density at radius 2 is 2.05 bits per heavy atom. The summed E-state index contributed by atoms with van der Waals surface area (Å²) in [5.41, 5.74) is 7.40. The molecular weight excluding hydrogens is 278 g/mol. The van der Waals surface area contributed by atoms with Crippen molar-refractivity contribution in [3.05, 3.63) is 52.9 Å². The molecule has 1 aromatic heterocycles. The lowest BCUT2D eigenvalue weighted by Crippen LogP contribution is -2.19. The number of halogens is 2. The second kappa shape index (κ2) is 5.21. The largest absolute Gasteiger partial charge is 0.375 e. The SMILES string of the molecule is NC(=O)c1cc(-c2ccc(F)cc2F)c2c(n1)COCC2. The van der Waals surface area contributed by atoms with E-state index in [0.29, 0.717) is 24.3 Å². The third-order valence-electron chi connectivity index (χ3n) is 3.42. The van der Waals surface area contributed by atoms with Crippen LogP contribution < -0.4 is 5.73 Å². The third-order valence-corrected chi connectivity index (χ3v) is 3.42. The molecule has 108 valence electrons. The highest BCUT2D eigenvalue weighted by molar-refractivity contribution is 5.92. The van der Waals surface area contributed by atoms with Crippen LogP contribution in [0, 0.1) is 11.6 Å². The first kappa shape index (κ1) is 13.6. The number of carbonyl (C=O) groups excluding carboxylic acids is 1. The van der Waals surface area contributed by atoms with Crippen LogP contribution in [0.4, 0.5) is 8.78 Å². The van der Waals surface area contributed by atoms with E-state index in [1.54, 1.807) is 0 Å². The van der Waals surface area contributed by atoms with Gasteiger partial charge in [-0.3, -0.25) is 4.79 Å². The van der Waals surface area contributed by atoms with E-state index < -0.39 is 17.5 Å². The normalized spacial score (nSPS) is 13.8. The number of benzene rings is 1. The van der Waals surface area contributed by atoms with E-state index in [9.17, 15) is 13.6 Å². The number of hydrogen-bond acceptors (Lipinski definition) is 3. The van der Waals surface area contributed by atoms with Gasteiger partial charge in [-0.1, -0.05) is 0 Å². The minimum absolute atomic E-state index is 0.0398. The van der Waals surface area contributed by atoms with Crippen LogP contribution in [-0.2, 0) is 17.8 Å². The molecule has 4 nitrogen and oxygen atoms in total. The zero-order valence-corrected chi connectivity index (χ0v) is 11.0. The van der Waals surface area contributed by atoms with Gasteiger partial charge < -0.3 is 10.5 Å². The Labute approximate surface area is 119 Å². The highest BCUT2D eigenvalue weighted by atomic mass is 19.1. The lowest BCUT2D eigenvalue weighted by atomic mass is 9.94. The Hall–Kier alpha value is -2.34. The molecular formula is C15H12F2N2O2.